The molecule has 2 heterocycles. The van der Waals surface area contributed by atoms with E-state index in [2.05, 4.69) is 27.7 Å². The van der Waals surface area contributed by atoms with Crippen molar-refractivity contribution in [1.82, 2.24) is 15.4 Å². The summed E-state index contributed by atoms with van der Waals surface area (Å²) < 4.78 is 6.10. The summed E-state index contributed by atoms with van der Waals surface area (Å²) in [7, 11) is 1.84. The average molecular weight is 322 g/mol. The number of benzene rings is 1. The largest absolute Gasteiger partial charge is 0.487 e. The predicted octanol–water partition coefficient (Wildman–Crippen LogP) is 3.68. The third-order valence-electron chi connectivity index (χ3n) is 4.07. The van der Waals surface area contributed by atoms with Crippen LogP contribution in [0, 0.1) is 20.8 Å². The molecule has 2 N–H and O–H groups in total. The van der Waals surface area contributed by atoms with Gasteiger partial charge >= 0.3 is 0 Å². The highest BCUT2D eigenvalue weighted by atomic mass is 16.5. The Hall–Kier alpha value is -2.66. The number of fused-ring (bicyclic) bond motifs is 1. The molecule has 3 aromatic rings. The zero-order valence-corrected chi connectivity index (χ0v) is 14.5. The number of nitrogens with zero attached hydrogens (tertiary/aromatic N) is 2. The van der Waals surface area contributed by atoms with E-state index in [-0.39, 0.29) is 0 Å². The van der Waals surface area contributed by atoms with Crippen molar-refractivity contribution in [3.63, 3.8) is 0 Å². The lowest BCUT2D eigenvalue weighted by molar-refractivity contribution is 0.307. The summed E-state index contributed by atoms with van der Waals surface area (Å²) in [6, 6.07) is 10.00. The molecule has 5 nitrogen and oxygen atoms in total. The van der Waals surface area contributed by atoms with Gasteiger partial charge in [-0.3, -0.25) is 4.98 Å². The van der Waals surface area contributed by atoms with Gasteiger partial charge in [0.1, 0.15) is 17.9 Å². The molecule has 0 fully saturated rings. The number of hydrogen-bond acceptors (Lipinski definition) is 5. The van der Waals surface area contributed by atoms with E-state index in [1.807, 2.05) is 57.4 Å². The van der Waals surface area contributed by atoms with Crippen LogP contribution in [0.1, 0.15) is 22.5 Å². The Morgan fingerprint density at radius 2 is 1.96 bits per heavy atom. The summed E-state index contributed by atoms with van der Waals surface area (Å²) in [6.07, 6.45) is 1.83. The number of hydrazine groups is 1. The van der Waals surface area contributed by atoms with E-state index >= 15 is 0 Å². The van der Waals surface area contributed by atoms with Crippen LogP contribution in [0.5, 0.6) is 5.75 Å². The summed E-state index contributed by atoms with van der Waals surface area (Å²) in [5.74, 6) is 0.776. The van der Waals surface area contributed by atoms with Crippen LogP contribution in [0.2, 0.25) is 0 Å². The van der Waals surface area contributed by atoms with Crippen molar-refractivity contribution < 1.29 is 4.74 Å². The van der Waals surface area contributed by atoms with Crippen LogP contribution < -0.4 is 15.6 Å². The van der Waals surface area contributed by atoms with Crippen molar-refractivity contribution in [3.8, 4) is 5.75 Å². The number of nitrogens with one attached hydrogen (secondary N) is 2. The number of aryl methyl sites for hydroxylation is 3. The van der Waals surface area contributed by atoms with Crippen LogP contribution in [-0.4, -0.2) is 17.0 Å². The zero-order chi connectivity index (χ0) is 17.1. The number of aromatic nitrogens is 2. The second kappa shape index (κ2) is 6.84. The molecule has 5 heteroatoms. The van der Waals surface area contributed by atoms with Crippen LogP contribution in [0.4, 0.5) is 5.69 Å². The maximum atomic E-state index is 6.10. The molecule has 1 aromatic carbocycles. The molecular formula is C19H22N4O. The number of hydrogen-bond donors (Lipinski definition) is 2. The minimum atomic E-state index is 0.481. The SMILES string of the molecule is CNNc1cc(C)nc2c(OCc3c(C)ccnc3C)cccc12. The lowest BCUT2D eigenvalue weighted by Gasteiger charge is -2.14. The van der Waals surface area contributed by atoms with Crippen molar-refractivity contribution in [2.75, 3.05) is 12.5 Å². The van der Waals surface area contributed by atoms with Gasteiger partial charge in [-0.1, -0.05) is 12.1 Å². The van der Waals surface area contributed by atoms with E-state index < -0.39 is 0 Å². The Bertz CT molecular complexity index is 856. The quantitative estimate of drug-likeness (QED) is 0.702. The van der Waals surface area contributed by atoms with Crippen LogP contribution in [0.15, 0.2) is 36.5 Å². The standard InChI is InChI=1S/C19H22N4O/c1-12-8-9-21-14(3)16(12)11-24-18-7-5-6-15-17(23-20-4)10-13(2)22-19(15)18/h5-10,20H,11H2,1-4H3,(H,22,23). The molecule has 124 valence electrons. The molecule has 0 aliphatic heterocycles. The minimum absolute atomic E-state index is 0.481. The van der Waals surface area contributed by atoms with Gasteiger partial charge in [0.05, 0.1) is 5.69 Å². The third kappa shape index (κ3) is 3.16. The van der Waals surface area contributed by atoms with Gasteiger partial charge in [-0.25, -0.2) is 10.4 Å². The highest BCUT2D eigenvalue weighted by molar-refractivity contribution is 5.94. The van der Waals surface area contributed by atoms with Crippen molar-refractivity contribution in [1.29, 1.82) is 0 Å². The summed E-state index contributed by atoms with van der Waals surface area (Å²) in [6.45, 7) is 6.54. The molecule has 2 aromatic heterocycles. The zero-order valence-electron chi connectivity index (χ0n) is 14.5. The van der Waals surface area contributed by atoms with Gasteiger partial charge in [-0.2, -0.15) is 0 Å². The molecule has 0 atom stereocenters. The Kier molecular flexibility index (Phi) is 4.62. The molecular weight excluding hydrogens is 300 g/mol. The Morgan fingerprint density at radius 3 is 2.71 bits per heavy atom. The van der Waals surface area contributed by atoms with Crippen LogP contribution >= 0.6 is 0 Å². The van der Waals surface area contributed by atoms with E-state index in [0.29, 0.717) is 6.61 Å². The second-order valence-corrected chi connectivity index (χ2v) is 5.82. The van der Waals surface area contributed by atoms with Crippen LogP contribution in [0.3, 0.4) is 0 Å². The highest BCUT2D eigenvalue weighted by Crippen LogP contribution is 2.30. The van der Waals surface area contributed by atoms with E-state index in [4.69, 9.17) is 4.74 Å². The first-order valence-corrected chi connectivity index (χ1v) is 7.97. The van der Waals surface area contributed by atoms with Crippen molar-refractivity contribution >= 4 is 16.6 Å². The van der Waals surface area contributed by atoms with Gasteiger partial charge in [0.15, 0.2) is 0 Å². The first-order chi connectivity index (χ1) is 11.6. The van der Waals surface area contributed by atoms with E-state index in [9.17, 15) is 0 Å². The van der Waals surface area contributed by atoms with Gasteiger partial charge < -0.3 is 10.2 Å². The highest BCUT2D eigenvalue weighted by Gasteiger charge is 2.10. The Labute approximate surface area is 142 Å². The molecule has 0 spiro atoms. The fourth-order valence-corrected chi connectivity index (χ4v) is 2.80. The maximum absolute atomic E-state index is 6.10. The van der Waals surface area contributed by atoms with Gasteiger partial charge in [-0.15, -0.1) is 0 Å². The molecule has 24 heavy (non-hydrogen) atoms. The molecule has 0 aliphatic carbocycles. The van der Waals surface area contributed by atoms with E-state index in [0.717, 1.165) is 39.3 Å². The summed E-state index contributed by atoms with van der Waals surface area (Å²) in [4.78, 5) is 9.02. The lowest BCUT2D eigenvalue weighted by Crippen LogP contribution is -2.15. The molecule has 0 bridgehead atoms. The fourth-order valence-electron chi connectivity index (χ4n) is 2.80. The fraction of sp³-hybridized carbons (Fsp3) is 0.263. The van der Waals surface area contributed by atoms with Gasteiger partial charge in [-0.05, 0) is 44.5 Å². The second-order valence-electron chi connectivity index (χ2n) is 5.82. The van der Waals surface area contributed by atoms with Crippen molar-refractivity contribution in [2.24, 2.45) is 0 Å². The predicted molar refractivity (Wildman–Crippen MR) is 97.2 cm³/mol. The molecule has 0 saturated heterocycles. The smallest absolute Gasteiger partial charge is 0.146 e. The third-order valence-corrected chi connectivity index (χ3v) is 4.07. The van der Waals surface area contributed by atoms with E-state index in [1.165, 1.54) is 5.56 Å². The monoisotopic (exact) mass is 322 g/mol. The van der Waals surface area contributed by atoms with E-state index in [1.54, 1.807) is 0 Å². The Balaban J connectivity index is 1.98. The number of pyridine rings is 2. The van der Waals surface area contributed by atoms with Crippen molar-refractivity contribution in [2.45, 2.75) is 27.4 Å². The minimum Gasteiger partial charge on any atom is -0.487 e. The molecule has 0 amide bonds. The van der Waals surface area contributed by atoms with Crippen molar-refractivity contribution in [3.05, 3.63) is 59.0 Å². The Morgan fingerprint density at radius 1 is 1.12 bits per heavy atom. The molecule has 0 radical (unpaired) electrons. The first-order valence-electron chi connectivity index (χ1n) is 7.97. The maximum Gasteiger partial charge on any atom is 0.146 e. The number of para-hydroxylation sites is 1. The molecule has 0 unspecified atom stereocenters. The molecule has 0 aliphatic rings. The first kappa shape index (κ1) is 16.2. The van der Waals surface area contributed by atoms with Crippen LogP contribution in [-0.2, 0) is 6.61 Å². The van der Waals surface area contributed by atoms with Crippen LogP contribution in [0.25, 0.3) is 10.9 Å². The summed E-state index contributed by atoms with van der Waals surface area (Å²) in [5.41, 5.74) is 12.2. The number of anilines is 1. The normalized spacial score (nSPS) is 10.8. The lowest BCUT2D eigenvalue weighted by atomic mass is 10.1. The average Bonchev–Trinajstić information content (AvgIpc) is 2.55. The van der Waals surface area contributed by atoms with Gasteiger partial charge in [0.25, 0.3) is 0 Å². The van der Waals surface area contributed by atoms with Gasteiger partial charge in [0.2, 0.25) is 0 Å². The molecule has 0 saturated carbocycles. The topological polar surface area (TPSA) is 59.1 Å². The molecule has 3 rings (SSSR count). The van der Waals surface area contributed by atoms with Gasteiger partial charge in [0, 0.05) is 35.6 Å². The summed E-state index contributed by atoms with van der Waals surface area (Å²) in [5, 5.41) is 1.02. The summed E-state index contributed by atoms with van der Waals surface area (Å²) >= 11 is 0. The number of rotatable bonds is 5. The number of ether oxygens (including phenoxy) is 1.